The van der Waals surface area contributed by atoms with E-state index in [0.717, 1.165) is 19.4 Å². The second-order valence-electron chi connectivity index (χ2n) is 5.88. The number of nitrogens with zero attached hydrogens (tertiary/aromatic N) is 1. The van der Waals surface area contributed by atoms with Crippen molar-refractivity contribution in [3.8, 4) is 0 Å². The number of benzene rings is 1. The molecule has 1 aromatic carbocycles. The quantitative estimate of drug-likeness (QED) is 0.802. The summed E-state index contributed by atoms with van der Waals surface area (Å²) in [5.41, 5.74) is 0.486. The number of ether oxygens (including phenoxy) is 1. The Morgan fingerprint density at radius 3 is 2.88 bits per heavy atom. The van der Waals surface area contributed by atoms with Crippen LogP contribution in [0.15, 0.2) is 18.2 Å². The Hall–Kier alpha value is -1.30. The number of likely N-dealkylation sites (tertiary alicyclic amines) is 1. The number of piperidine rings is 1. The molecule has 1 saturated heterocycles. The van der Waals surface area contributed by atoms with E-state index in [9.17, 15) is 9.59 Å². The first-order chi connectivity index (χ1) is 11.4. The SMILES string of the molecule is CCOC(=O)[C@@H]1CCCN([C@@H](C)C(=O)Nc2cc(Cl)ccc2Cl)C1. The summed E-state index contributed by atoms with van der Waals surface area (Å²) in [6.45, 7) is 5.29. The molecular formula is C17H22Cl2N2O3. The molecule has 1 aliphatic rings. The van der Waals surface area contributed by atoms with Gasteiger partial charge in [-0.2, -0.15) is 0 Å². The molecule has 0 bridgehead atoms. The lowest BCUT2D eigenvalue weighted by atomic mass is 9.97. The predicted molar refractivity (Wildman–Crippen MR) is 95.5 cm³/mol. The van der Waals surface area contributed by atoms with Crippen molar-refractivity contribution in [2.24, 2.45) is 5.92 Å². The molecule has 1 amide bonds. The molecule has 1 aliphatic heterocycles. The van der Waals surface area contributed by atoms with E-state index in [1.165, 1.54) is 0 Å². The normalized spacial score (nSPS) is 19.6. The summed E-state index contributed by atoms with van der Waals surface area (Å²) in [6, 6.07) is 4.54. The first-order valence-corrected chi connectivity index (χ1v) is 8.84. The van der Waals surface area contributed by atoms with Crippen molar-refractivity contribution in [2.75, 3.05) is 25.0 Å². The molecule has 0 unspecified atom stereocenters. The molecule has 1 heterocycles. The van der Waals surface area contributed by atoms with Crippen LogP contribution in [0.3, 0.4) is 0 Å². The van der Waals surface area contributed by atoms with Gasteiger partial charge in [-0.1, -0.05) is 23.2 Å². The lowest BCUT2D eigenvalue weighted by Gasteiger charge is -2.35. The van der Waals surface area contributed by atoms with Gasteiger partial charge in [-0.3, -0.25) is 14.5 Å². The topological polar surface area (TPSA) is 58.6 Å². The van der Waals surface area contributed by atoms with Crippen molar-refractivity contribution in [1.29, 1.82) is 0 Å². The number of carbonyl (C=O) groups excluding carboxylic acids is 2. The van der Waals surface area contributed by atoms with Crippen LogP contribution in [0.5, 0.6) is 0 Å². The van der Waals surface area contributed by atoms with E-state index in [0.29, 0.717) is 28.9 Å². The number of hydrogen-bond donors (Lipinski definition) is 1. The van der Waals surface area contributed by atoms with Crippen LogP contribution in [0.2, 0.25) is 10.0 Å². The number of amides is 1. The summed E-state index contributed by atoms with van der Waals surface area (Å²) in [5, 5.41) is 3.74. The molecule has 0 saturated carbocycles. The van der Waals surface area contributed by atoms with E-state index in [2.05, 4.69) is 5.32 Å². The molecule has 7 heteroatoms. The maximum atomic E-state index is 12.5. The first-order valence-electron chi connectivity index (χ1n) is 8.09. The van der Waals surface area contributed by atoms with Gasteiger partial charge in [0, 0.05) is 11.6 Å². The van der Waals surface area contributed by atoms with Gasteiger partial charge in [-0.15, -0.1) is 0 Å². The largest absolute Gasteiger partial charge is 0.466 e. The molecule has 1 fully saturated rings. The van der Waals surface area contributed by atoms with E-state index in [1.54, 1.807) is 25.1 Å². The van der Waals surface area contributed by atoms with E-state index >= 15 is 0 Å². The summed E-state index contributed by atoms with van der Waals surface area (Å²) < 4.78 is 5.10. The zero-order valence-electron chi connectivity index (χ0n) is 13.9. The number of hydrogen-bond acceptors (Lipinski definition) is 4. The minimum atomic E-state index is -0.378. The molecule has 0 aliphatic carbocycles. The summed E-state index contributed by atoms with van der Waals surface area (Å²) in [6.07, 6.45) is 1.66. The Labute approximate surface area is 152 Å². The predicted octanol–water partition coefficient (Wildman–Crippen LogP) is 3.60. The molecule has 0 spiro atoms. The Balaban J connectivity index is 1.99. The number of halogens is 2. The molecule has 132 valence electrons. The van der Waals surface area contributed by atoms with Gasteiger partial charge in [0.25, 0.3) is 0 Å². The van der Waals surface area contributed by atoms with Crippen LogP contribution >= 0.6 is 23.2 Å². The Bertz CT molecular complexity index is 609. The van der Waals surface area contributed by atoms with Crippen LogP contribution < -0.4 is 5.32 Å². The van der Waals surface area contributed by atoms with Crippen LogP contribution in [0, 0.1) is 5.92 Å². The average Bonchev–Trinajstić information content (AvgIpc) is 2.57. The lowest BCUT2D eigenvalue weighted by Crippen LogP contribution is -2.48. The molecule has 2 rings (SSSR count). The van der Waals surface area contributed by atoms with Crippen molar-refractivity contribution < 1.29 is 14.3 Å². The van der Waals surface area contributed by atoms with Crippen molar-refractivity contribution in [3.63, 3.8) is 0 Å². The van der Waals surface area contributed by atoms with Crippen LogP contribution in [0.4, 0.5) is 5.69 Å². The van der Waals surface area contributed by atoms with E-state index in [1.807, 2.05) is 11.8 Å². The van der Waals surface area contributed by atoms with Crippen LogP contribution in [-0.2, 0) is 14.3 Å². The average molecular weight is 373 g/mol. The number of nitrogens with one attached hydrogen (secondary N) is 1. The summed E-state index contributed by atoms with van der Waals surface area (Å²) in [7, 11) is 0. The van der Waals surface area contributed by atoms with Gasteiger partial charge >= 0.3 is 5.97 Å². The van der Waals surface area contributed by atoms with Crippen molar-refractivity contribution in [1.82, 2.24) is 4.90 Å². The fourth-order valence-electron chi connectivity index (χ4n) is 2.81. The van der Waals surface area contributed by atoms with Crippen LogP contribution in [0.25, 0.3) is 0 Å². The number of anilines is 1. The Kier molecular flexibility index (Phi) is 6.90. The fraction of sp³-hybridized carbons (Fsp3) is 0.529. The minimum absolute atomic E-state index is 0.177. The highest BCUT2D eigenvalue weighted by Crippen LogP contribution is 2.26. The van der Waals surface area contributed by atoms with E-state index in [-0.39, 0.29) is 23.8 Å². The lowest BCUT2D eigenvalue weighted by molar-refractivity contribution is -0.150. The van der Waals surface area contributed by atoms with Gasteiger partial charge in [-0.05, 0) is 51.4 Å². The first kappa shape index (κ1) is 19.0. The molecule has 1 N–H and O–H groups in total. The van der Waals surface area contributed by atoms with Gasteiger partial charge < -0.3 is 10.1 Å². The fourth-order valence-corrected chi connectivity index (χ4v) is 3.14. The number of rotatable bonds is 5. The zero-order chi connectivity index (χ0) is 17.7. The second-order valence-corrected chi connectivity index (χ2v) is 6.72. The monoisotopic (exact) mass is 372 g/mol. The minimum Gasteiger partial charge on any atom is -0.466 e. The van der Waals surface area contributed by atoms with E-state index in [4.69, 9.17) is 27.9 Å². The second kappa shape index (κ2) is 8.70. The number of esters is 1. The van der Waals surface area contributed by atoms with Gasteiger partial charge in [0.1, 0.15) is 0 Å². The molecule has 0 aromatic heterocycles. The van der Waals surface area contributed by atoms with Crippen molar-refractivity contribution >= 4 is 40.8 Å². The third-order valence-corrected chi connectivity index (χ3v) is 4.75. The van der Waals surface area contributed by atoms with Crippen molar-refractivity contribution in [3.05, 3.63) is 28.2 Å². The van der Waals surface area contributed by atoms with Crippen LogP contribution in [0.1, 0.15) is 26.7 Å². The maximum absolute atomic E-state index is 12.5. The zero-order valence-corrected chi connectivity index (χ0v) is 15.4. The highest BCUT2D eigenvalue weighted by atomic mass is 35.5. The molecule has 24 heavy (non-hydrogen) atoms. The van der Waals surface area contributed by atoms with E-state index < -0.39 is 0 Å². The molecule has 2 atom stereocenters. The Morgan fingerprint density at radius 2 is 2.17 bits per heavy atom. The van der Waals surface area contributed by atoms with Gasteiger partial charge in [0.05, 0.1) is 29.3 Å². The van der Waals surface area contributed by atoms with Crippen LogP contribution in [-0.4, -0.2) is 42.5 Å². The Morgan fingerprint density at radius 1 is 1.42 bits per heavy atom. The molecule has 0 radical (unpaired) electrons. The smallest absolute Gasteiger partial charge is 0.310 e. The standard InChI is InChI=1S/C17H22Cl2N2O3/c1-3-24-17(23)12-5-4-8-21(10-12)11(2)16(22)20-15-9-13(18)6-7-14(15)19/h6-7,9,11-12H,3-5,8,10H2,1-2H3,(H,20,22)/t11-,12+/m0/s1. The molecule has 5 nitrogen and oxygen atoms in total. The molecule has 1 aromatic rings. The number of carbonyl (C=O) groups is 2. The van der Waals surface area contributed by atoms with Gasteiger partial charge in [0.2, 0.25) is 5.91 Å². The maximum Gasteiger partial charge on any atom is 0.310 e. The third-order valence-electron chi connectivity index (χ3n) is 4.19. The molecular weight excluding hydrogens is 351 g/mol. The summed E-state index contributed by atoms with van der Waals surface area (Å²) >= 11 is 12.0. The van der Waals surface area contributed by atoms with Gasteiger partial charge in [-0.25, -0.2) is 0 Å². The van der Waals surface area contributed by atoms with Crippen molar-refractivity contribution in [2.45, 2.75) is 32.7 Å². The highest BCUT2D eigenvalue weighted by molar-refractivity contribution is 6.35. The third kappa shape index (κ3) is 4.85. The summed E-state index contributed by atoms with van der Waals surface area (Å²) in [5.74, 6) is -0.542. The highest BCUT2D eigenvalue weighted by Gasteiger charge is 2.31. The summed E-state index contributed by atoms with van der Waals surface area (Å²) in [4.78, 5) is 26.4. The van der Waals surface area contributed by atoms with Gasteiger partial charge in [0.15, 0.2) is 0 Å².